The molecule has 0 nitrogen and oxygen atoms in total. The number of hydrogen-bond donors (Lipinski definition) is 0. The first-order valence-electron chi connectivity index (χ1n) is 6.20. The molecule has 0 atom stereocenters. The van der Waals surface area contributed by atoms with Gasteiger partial charge in [0.05, 0.1) is 0 Å². The summed E-state index contributed by atoms with van der Waals surface area (Å²) in [7, 11) is 0. The molecule has 0 aliphatic heterocycles. The van der Waals surface area contributed by atoms with Crippen molar-refractivity contribution in [3.63, 3.8) is 0 Å². The van der Waals surface area contributed by atoms with Crippen LogP contribution in [0, 0.1) is 6.92 Å². The fourth-order valence-corrected chi connectivity index (χ4v) is 2.33. The van der Waals surface area contributed by atoms with Crippen molar-refractivity contribution in [2.24, 2.45) is 0 Å². The first-order chi connectivity index (χ1) is 7.49. The van der Waals surface area contributed by atoms with E-state index in [0.717, 1.165) is 0 Å². The van der Waals surface area contributed by atoms with Gasteiger partial charge in [-0.3, -0.25) is 0 Å². The van der Waals surface area contributed by atoms with Crippen LogP contribution in [0.4, 0.5) is 0 Å². The van der Waals surface area contributed by atoms with Gasteiger partial charge in [0.2, 0.25) is 0 Å². The van der Waals surface area contributed by atoms with Gasteiger partial charge in [-0.25, -0.2) is 0 Å². The van der Waals surface area contributed by atoms with E-state index < -0.39 is 0 Å². The van der Waals surface area contributed by atoms with Gasteiger partial charge >= 0.3 is 0 Å². The molecule has 0 aliphatic carbocycles. The van der Waals surface area contributed by atoms with Gasteiger partial charge in [0.25, 0.3) is 0 Å². The first-order valence-corrected chi connectivity index (χ1v) is 6.20. The van der Waals surface area contributed by atoms with Crippen molar-refractivity contribution in [1.29, 1.82) is 0 Å². The van der Waals surface area contributed by atoms with Crippen molar-refractivity contribution in [2.75, 3.05) is 0 Å². The zero-order valence-electron chi connectivity index (χ0n) is 11.5. The molecule has 0 spiro atoms. The van der Waals surface area contributed by atoms with Crippen LogP contribution in [0.1, 0.15) is 56.2 Å². The average molecular weight is 392 g/mol. The van der Waals surface area contributed by atoms with Crippen LogP contribution in [-0.2, 0) is 25.8 Å². The summed E-state index contributed by atoms with van der Waals surface area (Å²) in [4.78, 5) is 0. The Balaban J connectivity index is 0.00000144. The Morgan fingerprint density at radius 1 is 0.941 bits per heavy atom. The van der Waals surface area contributed by atoms with Gasteiger partial charge in [-0.1, -0.05) is 51.8 Å². The minimum absolute atomic E-state index is 0. The molecule has 0 unspecified atom stereocenters. The monoisotopic (exact) mass is 393 g/mol. The summed E-state index contributed by atoms with van der Waals surface area (Å²) in [5, 5.41) is 2.85. The summed E-state index contributed by atoms with van der Waals surface area (Å²) in [5.41, 5.74) is 4.33. The Kier molecular flexibility index (Phi) is 4.83. The molecule has 0 aliphatic rings. The molecule has 2 aromatic rings. The molecule has 0 fully saturated rings. The summed E-state index contributed by atoms with van der Waals surface area (Å²) in [6, 6.07) is 9.35. The van der Waals surface area contributed by atoms with Crippen molar-refractivity contribution in [1.82, 2.24) is 0 Å². The summed E-state index contributed by atoms with van der Waals surface area (Å²) in [6.07, 6.45) is 0. The topological polar surface area (TPSA) is 0 Å². The zero-order chi connectivity index (χ0) is 11.9. The van der Waals surface area contributed by atoms with Gasteiger partial charge in [-0.2, -0.15) is 6.07 Å². The minimum Gasteiger partial charge on any atom is -0.165 e. The number of hydrogen-bond acceptors (Lipinski definition) is 0. The van der Waals surface area contributed by atoms with Crippen LogP contribution in [-0.4, -0.2) is 0 Å². The molecule has 0 radical (unpaired) electrons. The second-order valence-corrected chi connectivity index (χ2v) is 5.46. The second kappa shape index (κ2) is 5.56. The summed E-state index contributed by atoms with van der Waals surface area (Å²) in [6.45, 7) is 11.3. The molecule has 0 saturated heterocycles. The van der Waals surface area contributed by atoms with Gasteiger partial charge in [-0.05, 0) is 11.8 Å². The number of aryl methyl sites for hydroxylation is 1. The van der Waals surface area contributed by atoms with Gasteiger partial charge in [0, 0.05) is 25.8 Å². The van der Waals surface area contributed by atoms with Crippen LogP contribution < -0.4 is 0 Å². The standard InChI is InChI=1S/C16H21.Hf/c1-10(2)13-8-14-6-12(5)7-16(14)15(9-13)11(3)4;/h6-11H,1-5H3;/q-1;. The van der Waals surface area contributed by atoms with Crippen LogP contribution in [0.3, 0.4) is 0 Å². The molecule has 0 bridgehead atoms. The Morgan fingerprint density at radius 3 is 2.12 bits per heavy atom. The predicted molar refractivity (Wildman–Crippen MR) is 72.5 cm³/mol. The molecule has 2 rings (SSSR count). The van der Waals surface area contributed by atoms with Crippen molar-refractivity contribution < 1.29 is 25.8 Å². The fourth-order valence-electron chi connectivity index (χ4n) is 2.33. The maximum atomic E-state index is 2.39. The number of benzene rings is 1. The maximum Gasteiger partial charge on any atom is 0 e. The third kappa shape index (κ3) is 2.93. The molecule has 0 aromatic heterocycles. The number of fused-ring (bicyclic) bond motifs is 1. The molecule has 0 heterocycles. The molecule has 90 valence electrons. The fraction of sp³-hybridized carbons (Fsp3) is 0.438. The largest absolute Gasteiger partial charge is 0.165 e. The quantitative estimate of drug-likeness (QED) is 0.493. The van der Waals surface area contributed by atoms with Gasteiger partial charge in [-0.15, -0.1) is 28.5 Å². The van der Waals surface area contributed by atoms with Gasteiger partial charge < -0.3 is 0 Å². The summed E-state index contributed by atoms with van der Waals surface area (Å²) >= 11 is 0. The SMILES string of the molecule is Cc1cc2c(C(C)C)cc(C(C)C)cc2[cH-]1.[Hf]. The minimum atomic E-state index is 0. The maximum absolute atomic E-state index is 2.39. The van der Waals surface area contributed by atoms with Crippen molar-refractivity contribution >= 4 is 10.8 Å². The van der Waals surface area contributed by atoms with E-state index >= 15 is 0 Å². The van der Waals surface area contributed by atoms with Crippen LogP contribution in [0.25, 0.3) is 10.8 Å². The van der Waals surface area contributed by atoms with E-state index in [0.29, 0.717) is 11.8 Å². The third-order valence-corrected chi connectivity index (χ3v) is 3.31. The molecule has 0 N–H and O–H groups in total. The number of rotatable bonds is 2. The smallest absolute Gasteiger partial charge is 0 e. The zero-order valence-corrected chi connectivity index (χ0v) is 15.1. The third-order valence-electron chi connectivity index (χ3n) is 3.31. The Morgan fingerprint density at radius 2 is 1.59 bits per heavy atom. The second-order valence-electron chi connectivity index (χ2n) is 5.46. The Hall–Kier alpha value is -0.300. The van der Waals surface area contributed by atoms with Crippen molar-refractivity contribution in [3.8, 4) is 0 Å². The molecule has 17 heavy (non-hydrogen) atoms. The van der Waals surface area contributed by atoms with Crippen molar-refractivity contribution in [3.05, 3.63) is 41.0 Å². The molecule has 0 saturated carbocycles. The molecule has 2 aromatic carbocycles. The summed E-state index contributed by atoms with van der Waals surface area (Å²) < 4.78 is 0. The molecular formula is C16H21Hf-. The Bertz CT molecular complexity index is 503. The first kappa shape index (κ1) is 14.8. The van der Waals surface area contributed by atoms with Crippen LogP contribution in [0.5, 0.6) is 0 Å². The average Bonchev–Trinajstić information content (AvgIpc) is 2.55. The Labute approximate surface area is 124 Å². The molecule has 1 heteroatoms. The van der Waals surface area contributed by atoms with E-state index in [9.17, 15) is 0 Å². The van der Waals surface area contributed by atoms with E-state index in [1.54, 1.807) is 0 Å². The van der Waals surface area contributed by atoms with Gasteiger partial charge in [0.15, 0.2) is 0 Å². The van der Waals surface area contributed by atoms with Crippen LogP contribution in [0.2, 0.25) is 0 Å². The van der Waals surface area contributed by atoms with E-state index in [1.807, 2.05) is 0 Å². The predicted octanol–water partition coefficient (Wildman–Crippen LogP) is 5.11. The normalized spacial score (nSPS) is 11.2. The van der Waals surface area contributed by atoms with E-state index in [2.05, 4.69) is 58.9 Å². The van der Waals surface area contributed by atoms with Crippen molar-refractivity contribution in [2.45, 2.75) is 46.5 Å². The molecule has 0 amide bonds. The van der Waals surface area contributed by atoms with Crippen LogP contribution in [0.15, 0.2) is 24.3 Å². The molecular weight excluding hydrogens is 371 g/mol. The van der Waals surface area contributed by atoms with E-state index in [4.69, 9.17) is 0 Å². The van der Waals surface area contributed by atoms with E-state index in [-0.39, 0.29) is 25.8 Å². The summed E-state index contributed by atoms with van der Waals surface area (Å²) in [5.74, 6) is 1.21. The van der Waals surface area contributed by atoms with Crippen LogP contribution >= 0.6 is 0 Å². The van der Waals surface area contributed by atoms with E-state index in [1.165, 1.54) is 27.5 Å². The van der Waals surface area contributed by atoms with Gasteiger partial charge in [0.1, 0.15) is 0 Å².